The molecule has 0 aromatic heterocycles. The second kappa shape index (κ2) is 5.53. The van der Waals surface area contributed by atoms with E-state index in [-0.39, 0.29) is 10.6 Å². The molecule has 0 radical (unpaired) electrons. The Hall–Kier alpha value is -1.04. The smallest absolute Gasteiger partial charge is 0.182 e. The molecule has 100 valence electrons. The lowest BCUT2D eigenvalue weighted by molar-refractivity contribution is 0.595. The number of rotatable bonds is 3. The fraction of sp³-hybridized carbons (Fsp3) is 0.0769. The van der Waals surface area contributed by atoms with Gasteiger partial charge in [-0.15, -0.1) is 0 Å². The van der Waals surface area contributed by atoms with Gasteiger partial charge in [0.2, 0.25) is 0 Å². The van der Waals surface area contributed by atoms with Gasteiger partial charge in [-0.05, 0) is 42.0 Å². The van der Waals surface area contributed by atoms with Gasteiger partial charge >= 0.3 is 0 Å². The molecule has 0 heterocycles. The standard InChI is InChI=1S/C13H11BrClNO2S/c14-10-2-1-9(13(15)7-10)8-19(17,18)12-5-3-11(16)4-6-12/h1-7H,8,16H2. The van der Waals surface area contributed by atoms with Crippen LogP contribution in [0.4, 0.5) is 5.69 Å². The number of benzene rings is 2. The first-order valence-corrected chi connectivity index (χ1v) is 8.23. The summed E-state index contributed by atoms with van der Waals surface area (Å²) in [6, 6.07) is 11.3. The fourth-order valence-electron chi connectivity index (χ4n) is 1.60. The second-order valence-corrected chi connectivity index (χ2v) is 7.38. The Labute approximate surface area is 125 Å². The molecule has 0 amide bonds. The van der Waals surface area contributed by atoms with Crippen molar-refractivity contribution in [2.45, 2.75) is 10.6 Å². The summed E-state index contributed by atoms with van der Waals surface area (Å²) in [5.41, 5.74) is 6.64. The molecular formula is C13H11BrClNO2S. The van der Waals surface area contributed by atoms with Crippen molar-refractivity contribution >= 4 is 43.1 Å². The summed E-state index contributed by atoms with van der Waals surface area (Å²) >= 11 is 9.31. The number of anilines is 1. The molecule has 0 bridgehead atoms. The minimum Gasteiger partial charge on any atom is -0.399 e. The van der Waals surface area contributed by atoms with Gasteiger partial charge in [0.05, 0.1) is 10.6 Å². The summed E-state index contributed by atoms with van der Waals surface area (Å²) in [5, 5.41) is 0.424. The summed E-state index contributed by atoms with van der Waals surface area (Å²) in [4.78, 5) is 0.237. The summed E-state index contributed by atoms with van der Waals surface area (Å²) in [6.07, 6.45) is 0. The molecule has 19 heavy (non-hydrogen) atoms. The number of hydrogen-bond acceptors (Lipinski definition) is 3. The molecule has 6 heteroatoms. The van der Waals surface area contributed by atoms with Crippen LogP contribution in [0, 0.1) is 0 Å². The van der Waals surface area contributed by atoms with E-state index >= 15 is 0 Å². The minimum absolute atomic E-state index is 0.136. The molecule has 0 atom stereocenters. The maximum absolute atomic E-state index is 12.2. The molecular weight excluding hydrogens is 350 g/mol. The van der Waals surface area contributed by atoms with Crippen LogP contribution < -0.4 is 5.73 Å². The lowest BCUT2D eigenvalue weighted by Crippen LogP contribution is -2.05. The van der Waals surface area contributed by atoms with Crippen LogP contribution in [0.5, 0.6) is 0 Å². The fourth-order valence-corrected chi connectivity index (χ4v) is 3.80. The molecule has 2 rings (SSSR count). The first kappa shape index (κ1) is 14.4. The SMILES string of the molecule is Nc1ccc(S(=O)(=O)Cc2ccc(Br)cc2Cl)cc1. The van der Waals surface area contributed by atoms with Gasteiger partial charge in [-0.3, -0.25) is 0 Å². The van der Waals surface area contributed by atoms with Gasteiger partial charge < -0.3 is 5.73 Å². The van der Waals surface area contributed by atoms with Crippen LogP contribution in [0.3, 0.4) is 0 Å². The van der Waals surface area contributed by atoms with Gasteiger partial charge in [0, 0.05) is 15.2 Å². The Morgan fingerprint density at radius 2 is 1.74 bits per heavy atom. The van der Waals surface area contributed by atoms with E-state index < -0.39 is 9.84 Å². The zero-order valence-electron chi connectivity index (χ0n) is 9.81. The quantitative estimate of drug-likeness (QED) is 0.850. The largest absolute Gasteiger partial charge is 0.399 e. The highest BCUT2D eigenvalue weighted by Gasteiger charge is 2.17. The summed E-state index contributed by atoms with van der Waals surface area (Å²) < 4.78 is 25.3. The van der Waals surface area contributed by atoms with Crippen LogP contribution in [0.15, 0.2) is 51.8 Å². The topological polar surface area (TPSA) is 60.2 Å². The van der Waals surface area contributed by atoms with Gasteiger partial charge in [-0.1, -0.05) is 33.6 Å². The lowest BCUT2D eigenvalue weighted by Gasteiger charge is -2.07. The predicted octanol–water partition coefficient (Wildman–Crippen LogP) is 3.66. The molecule has 0 aliphatic rings. The van der Waals surface area contributed by atoms with Crippen LogP contribution >= 0.6 is 27.5 Å². The number of nitrogens with two attached hydrogens (primary N) is 1. The first-order valence-electron chi connectivity index (χ1n) is 5.41. The average molecular weight is 361 g/mol. The Kier molecular flexibility index (Phi) is 4.18. The minimum atomic E-state index is -3.42. The van der Waals surface area contributed by atoms with Crippen molar-refractivity contribution in [3.05, 3.63) is 57.5 Å². The molecule has 0 saturated carbocycles. The molecule has 2 aromatic carbocycles. The van der Waals surface area contributed by atoms with E-state index in [1.165, 1.54) is 12.1 Å². The normalized spacial score (nSPS) is 11.5. The Morgan fingerprint density at radius 3 is 2.32 bits per heavy atom. The van der Waals surface area contributed by atoms with Crippen LogP contribution in [0.25, 0.3) is 0 Å². The van der Waals surface area contributed by atoms with Crippen molar-refractivity contribution in [1.29, 1.82) is 0 Å². The van der Waals surface area contributed by atoms with Crippen molar-refractivity contribution < 1.29 is 8.42 Å². The van der Waals surface area contributed by atoms with Crippen LogP contribution in [-0.2, 0) is 15.6 Å². The van der Waals surface area contributed by atoms with Crippen LogP contribution in [0.1, 0.15) is 5.56 Å². The molecule has 0 aliphatic carbocycles. The monoisotopic (exact) mass is 359 g/mol. The molecule has 0 unspecified atom stereocenters. The molecule has 0 saturated heterocycles. The Morgan fingerprint density at radius 1 is 1.11 bits per heavy atom. The van der Waals surface area contributed by atoms with E-state index in [4.69, 9.17) is 17.3 Å². The van der Waals surface area contributed by atoms with Gasteiger partial charge in [-0.2, -0.15) is 0 Å². The van der Waals surface area contributed by atoms with E-state index in [1.807, 2.05) is 0 Å². The Bertz CT molecular complexity index is 699. The average Bonchev–Trinajstić information content (AvgIpc) is 2.33. The zero-order chi connectivity index (χ0) is 14.0. The molecule has 0 fully saturated rings. The van der Waals surface area contributed by atoms with E-state index in [0.29, 0.717) is 16.3 Å². The van der Waals surface area contributed by atoms with Gasteiger partial charge in [-0.25, -0.2) is 8.42 Å². The number of nitrogen functional groups attached to an aromatic ring is 1. The van der Waals surface area contributed by atoms with Crippen molar-refractivity contribution in [2.75, 3.05) is 5.73 Å². The van der Waals surface area contributed by atoms with Crippen molar-refractivity contribution in [2.24, 2.45) is 0 Å². The van der Waals surface area contributed by atoms with Crippen molar-refractivity contribution in [3.63, 3.8) is 0 Å². The van der Waals surface area contributed by atoms with Crippen LogP contribution in [-0.4, -0.2) is 8.42 Å². The third-order valence-corrected chi connectivity index (χ3v) is 5.13. The number of sulfone groups is 1. The summed E-state index contributed by atoms with van der Waals surface area (Å²) in [5.74, 6) is -0.136. The summed E-state index contributed by atoms with van der Waals surface area (Å²) in [7, 11) is -3.42. The summed E-state index contributed by atoms with van der Waals surface area (Å²) in [6.45, 7) is 0. The highest BCUT2D eigenvalue weighted by atomic mass is 79.9. The number of halogens is 2. The third-order valence-electron chi connectivity index (χ3n) is 2.60. The third kappa shape index (κ3) is 3.49. The maximum atomic E-state index is 12.2. The van der Waals surface area contributed by atoms with E-state index in [9.17, 15) is 8.42 Å². The van der Waals surface area contributed by atoms with Crippen molar-refractivity contribution in [1.82, 2.24) is 0 Å². The van der Waals surface area contributed by atoms with E-state index in [1.54, 1.807) is 30.3 Å². The zero-order valence-corrected chi connectivity index (χ0v) is 13.0. The van der Waals surface area contributed by atoms with Gasteiger partial charge in [0.25, 0.3) is 0 Å². The molecule has 2 aromatic rings. The van der Waals surface area contributed by atoms with E-state index in [2.05, 4.69) is 15.9 Å². The predicted molar refractivity (Wildman–Crippen MR) is 80.9 cm³/mol. The molecule has 0 aliphatic heterocycles. The molecule has 3 nitrogen and oxygen atoms in total. The Balaban J connectivity index is 2.33. The van der Waals surface area contributed by atoms with E-state index in [0.717, 1.165) is 4.47 Å². The van der Waals surface area contributed by atoms with Gasteiger partial charge in [0.15, 0.2) is 9.84 Å². The van der Waals surface area contributed by atoms with Crippen molar-refractivity contribution in [3.8, 4) is 0 Å². The highest BCUT2D eigenvalue weighted by Crippen LogP contribution is 2.25. The lowest BCUT2D eigenvalue weighted by atomic mass is 10.2. The van der Waals surface area contributed by atoms with Crippen LogP contribution in [0.2, 0.25) is 5.02 Å². The molecule has 0 spiro atoms. The number of hydrogen-bond donors (Lipinski definition) is 1. The second-order valence-electron chi connectivity index (χ2n) is 4.06. The maximum Gasteiger partial charge on any atom is 0.182 e. The highest BCUT2D eigenvalue weighted by molar-refractivity contribution is 9.10. The van der Waals surface area contributed by atoms with Gasteiger partial charge in [0.1, 0.15) is 0 Å². The first-order chi connectivity index (χ1) is 8.88. The molecule has 2 N–H and O–H groups in total.